The molecule has 0 spiro atoms. The van der Waals surface area contributed by atoms with Gasteiger partial charge in [-0.15, -0.1) is 0 Å². The summed E-state index contributed by atoms with van der Waals surface area (Å²) in [6, 6.07) is 6.49. The predicted octanol–water partition coefficient (Wildman–Crippen LogP) is 2.65. The van der Waals surface area contributed by atoms with Gasteiger partial charge in [0.25, 0.3) is 0 Å². The Morgan fingerprint density at radius 1 is 1.38 bits per heavy atom. The van der Waals surface area contributed by atoms with Crippen LogP contribution in [0.15, 0.2) is 18.2 Å². The minimum absolute atomic E-state index is 0.654. The molecule has 5 heteroatoms. The molecule has 0 amide bonds. The average molecular weight is 304 g/mol. The molecule has 0 atom stereocenters. The van der Waals surface area contributed by atoms with Gasteiger partial charge in [-0.25, -0.2) is 4.98 Å². The third-order valence-corrected chi connectivity index (χ3v) is 5.18. The highest BCUT2D eigenvalue weighted by molar-refractivity contribution is 7.22. The molecular formula is C16H24N4S. The standard InChI is InChI=1S/C16H24N4S/c1-19-7-5-12(6-8-19)10-20(2)11-13-3-4-14-15(9-13)21-16(17)18-14/h3-4,9,12H,5-8,10-11H2,1-2H3,(H2,17,18). The van der Waals surface area contributed by atoms with Crippen LogP contribution in [0.3, 0.4) is 0 Å². The number of benzene rings is 1. The highest BCUT2D eigenvalue weighted by Crippen LogP contribution is 2.25. The van der Waals surface area contributed by atoms with Crippen LogP contribution in [0, 0.1) is 5.92 Å². The van der Waals surface area contributed by atoms with Crippen molar-refractivity contribution in [2.75, 3.05) is 39.5 Å². The SMILES string of the molecule is CN1CCC(CN(C)Cc2ccc3nc(N)sc3c2)CC1. The average Bonchev–Trinajstić information content (AvgIpc) is 2.80. The molecule has 0 radical (unpaired) electrons. The van der Waals surface area contributed by atoms with Crippen molar-refractivity contribution in [1.82, 2.24) is 14.8 Å². The number of hydrogen-bond donors (Lipinski definition) is 1. The first-order chi connectivity index (χ1) is 10.1. The summed E-state index contributed by atoms with van der Waals surface area (Å²) >= 11 is 1.57. The molecule has 0 unspecified atom stereocenters. The molecule has 3 rings (SSSR count). The van der Waals surface area contributed by atoms with Gasteiger partial charge in [0, 0.05) is 13.1 Å². The highest BCUT2D eigenvalue weighted by Gasteiger charge is 2.18. The van der Waals surface area contributed by atoms with Crippen molar-refractivity contribution in [2.45, 2.75) is 19.4 Å². The zero-order valence-corrected chi connectivity index (χ0v) is 13.7. The maximum Gasteiger partial charge on any atom is 0.181 e. The second-order valence-corrected chi connectivity index (χ2v) is 7.36. The van der Waals surface area contributed by atoms with Gasteiger partial charge in [-0.3, -0.25) is 0 Å². The van der Waals surface area contributed by atoms with Crippen molar-refractivity contribution in [1.29, 1.82) is 0 Å². The molecule has 21 heavy (non-hydrogen) atoms. The van der Waals surface area contributed by atoms with E-state index in [1.54, 1.807) is 11.3 Å². The fourth-order valence-corrected chi connectivity index (χ4v) is 3.94. The Kier molecular flexibility index (Phi) is 4.42. The van der Waals surface area contributed by atoms with E-state index in [1.807, 2.05) is 0 Å². The fraction of sp³-hybridized carbons (Fsp3) is 0.562. The molecular weight excluding hydrogens is 280 g/mol. The number of likely N-dealkylation sites (tertiary alicyclic amines) is 1. The smallest absolute Gasteiger partial charge is 0.181 e. The van der Waals surface area contributed by atoms with Crippen LogP contribution in [0.4, 0.5) is 5.13 Å². The molecule has 0 saturated carbocycles. The van der Waals surface area contributed by atoms with Crippen molar-refractivity contribution in [2.24, 2.45) is 5.92 Å². The third-order valence-electron chi connectivity index (χ3n) is 4.33. The molecule has 4 nitrogen and oxygen atoms in total. The van der Waals surface area contributed by atoms with Crippen molar-refractivity contribution >= 4 is 26.7 Å². The second-order valence-electron chi connectivity index (χ2n) is 6.30. The summed E-state index contributed by atoms with van der Waals surface area (Å²) in [5, 5.41) is 0.654. The van der Waals surface area contributed by atoms with Crippen LogP contribution >= 0.6 is 11.3 Å². The first-order valence-electron chi connectivity index (χ1n) is 7.62. The Bertz CT molecular complexity index is 601. The van der Waals surface area contributed by atoms with Crippen molar-refractivity contribution < 1.29 is 0 Å². The van der Waals surface area contributed by atoms with Crippen LogP contribution in [0.1, 0.15) is 18.4 Å². The summed E-state index contributed by atoms with van der Waals surface area (Å²) in [4.78, 5) is 9.19. The Morgan fingerprint density at radius 2 is 2.14 bits per heavy atom. The minimum atomic E-state index is 0.654. The quantitative estimate of drug-likeness (QED) is 0.943. The van der Waals surface area contributed by atoms with E-state index in [0.717, 1.165) is 18.0 Å². The molecule has 0 aliphatic carbocycles. The largest absolute Gasteiger partial charge is 0.375 e. The normalized spacial score (nSPS) is 17.9. The van der Waals surface area contributed by atoms with E-state index in [2.05, 4.69) is 47.1 Å². The van der Waals surface area contributed by atoms with Crippen LogP contribution in [-0.2, 0) is 6.54 Å². The Hall–Kier alpha value is -1.17. The maximum atomic E-state index is 5.77. The minimum Gasteiger partial charge on any atom is -0.375 e. The number of nitrogens with two attached hydrogens (primary N) is 1. The molecule has 1 aliphatic heterocycles. The summed E-state index contributed by atoms with van der Waals surface area (Å²) < 4.78 is 1.19. The number of nitrogens with zero attached hydrogens (tertiary/aromatic N) is 3. The third kappa shape index (κ3) is 3.73. The number of aromatic nitrogens is 1. The Balaban J connectivity index is 1.59. The van der Waals surface area contributed by atoms with Gasteiger partial charge in [0.15, 0.2) is 5.13 Å². The van der Waals surface area contributed by atoms with E-state index in [9.17, 15) is 0 Å². The van der Waals surface area contributed by atoms with Crippen molar-refractivity contribution in [3.8, 4) is 0 Å². The Morgan fingerprint density at radius 3 is 2.90 bits per heavy atom. The molecule has 0 bridgehead atoms. The lowest BCUT2D eigenvalue weighted by Gasteiger charge is -2.31. The van der Waals surface area contributed by atoms with E-state index in [0.29, 0.717) is 5.13 Å². The summed E-state index contributed by atoms with van der Waals surface area (Å²) in [5.74, 6) is 0.842. The molecule has 1 aromatic carbocycles. The van der Waals surface area contributed by atoms with E-state index < -0.39 is 0 Å². The van der Waals surface area contributed by atoms with Gasteiger partial charge >= 0.3 is 0 Å². The van der Waals surface area contributed by atoms with Crippen molar-refractivity contribution in [3.63, 3.8) is 0 Å². The summed E-state index contributed by atoms with van der Waals surface area (Å²) in [5.41, 5.74) is 8.13. The lowest BCUT2D eigenvalue weighted by atomic mass is 9.96. The number of nitrogen functional groups attached to an aromatic ring is 1. The van der Waals surface area contributed by atoms with E-state index in [4.69, 9.17) is 5.73 Å². The number of anilines is 1. The fourth-order valence-electron chi connectivity index (χ4n) is 3.15. The summed E-state index contributed by atoms with van der Waals surface area (Å²) in [6.07, 6.45) is 2.65. The second kappa shape index (κ2) is 6.30. The van der Waals surface area contributed by atoms with E-state index >= 15 is 0 Å². The number of hydrogen-bond acceptors (Lipinski definition) is 5. The number of thiazole rings is 1. The Labute approximate surface area is 130 Å². The van der Waals surface area contributed by atoms with E-state index in [-0.39, 0.29) is 0 Å². The maximum absolute atomic E-state index is 5.77. The van der Waals surface area contributed by atoms with Gasteiger partial charge in [-0.05, 0) is 63.6 Å². The van der Waals surface area contributed by atoms with Gasteiger partial charge in [0.05, 0.1) is 10.2 Å². The van der Waals surface area contributed by atoms with Crippen LogP contribution < -0.4 is 5.73 Å². The molecule has 2 N–H and O–H groups in total. The lowest BCUT2D eigenvalue weighted by Crippen LogP contribution is -2.35. The summed E-state index contributed by atoms with van der Waals surface area (Å²) in [7, 11) is 4.44. The first kappa shape index (κ1) is 14.8. The van der Waals surface area contributed by atoms with Gasteiger partial charge in [0.1, 0.15) is 0 Å². The van der Waals surface area contributed by atoms with Gasteiger partial charge in [-0.1, -0.05) is 17.4 Å². The molecule has 1 aliphatic rings. The molecule has 1 saturated heterocycles. The predicted molar refractivity (Wildman–Crippen MR) is 90.6 cm³/mol. The molecule has 2 aromatic rings. The van der Waals surface area contributed by atoms with Gasteiger partial charge < -0.3 is 15.5 Å². The van der Waals surface area contributed by atoms with Gasteiger partial charge in [0.2, 0.25) is 0 Å². The summed E-state index contributed by atoms with van der Waals surface area (Å²) in [6.45, 7) is 4.67. The van der Waals surface area contributed by atoms with Crippen LogP contribution in [0.2, 0.25) is 0 Å². The zero-order chi connectivity index (χ0) is 14.8. The highest BCUT2D eigenvalue weighted by atomic mass is 32.1. The zero-order valence-electron chi connectivity index (χ0n) is 12.9. The molecule has 114 valence electrons. The van der Waals surface area contributed by atoms with Crippen molar-refractivity contribution in [3.05, 3.63) is 23.8 Å². The van der Waals surface area contributed by atoms with Crippen LogP contribution in [0.5, 0.6) is 0 Å². The number of fused-ring (bicyclic) bond motifs is 1. The van der Waals surface area contributed by atoms with Crippen LogP contribution in [-0.4, -0.2) is 48.5 Å². The lowest BCUT2D eigenvalue weighted by molar-refractivity contribution is 0.173. The number of rotatable bonds is 4. The molecule has 1 aromatic heterocycles. The topological polar surface area (TPSA) is 45.4 Å². The molecule has 1 fully saturated rings. The van der Waals surface area contributed by atoms with E-state index in [1.165, 1.54) is 42.7 Å². The monoisotopic (exact) mass is 304 g/mol. The van der Waals surface area contributed by atoms with Crippen LogP contribution in [0.25, 0.3) is 10.2 Å². The number of piperidine rings is 1. The first-order valence-corrected chi connectivity index (χ1v) is 8.44. The van der Waals surface area contributed by atoms with Gasteiger partial charge in [-0.2, -0.15) is 0 Å². The molecule has 2 heterocycles.